The largest absolute Gasteiger partial charge is 0.316 e. The number of carbonyl (C=O) groups is 1. The summed E-state index contributed by atoms with van der Waals surface area (Å²) in [5.41, 5.74) is 2.30. The van der Waals surface area contributed by atoms with E-state index in [2.05, 4.69) is 16.5 Å². The van der Waals surface area contributed by atoms with Crippen molar-refractivity contribution in [2.75, 3.05) is 7.05 Å². The second-order valence-electron chi connectivity index (χ2n) is 7.69. The van der Waals surface area contributed by atoms with E-state index in [9.17, 15) is 13.2 Å². The average Bonchev–Trinajstić information content (AvgIpc) is 3.17. The molecule has 170 valence electrons. The minimum absolute atomic E-state index is 0.139. The summed E-state index contributed by atoms with van der Waals surface area (Å²) in [6.07, 6.45) is 0.922. The third kappa shape index (κ3) is 4.98. The molecule has 0 aliphatic carbocycles. The zero-order valence-corrected chi connectivity index (χ0v) is 20.1. The lowest BCUT2D eigenvalue weighted by molar-refractivity contribution is 0.0997. The number of amides is 1. The maximum Gasteiger partial charge on any atom is 0.279 e. The van der Waals surface area contributed by atoms with Gasteiger partial charge in [-0.05, 0) is 48.4 Å². The Labute approximate surface area is 197 Å². The Bertz CT molecular complexity index is 1440. The summed E-state index contributed by atoms with van der Waals surface area (Å²) in [5, 5.41) is 0. The van der Waals surface area contributed by atoms with Gasteiger partial charge in [0.15, 0.2) is 4.80 Å². The van der Waals surface area contributed by atoms with Gasteiger partial charge >= 0.3 is 0 Å². The normalized spacial score (nSPS) is 12.5. The van der Waals surface area contributed by atoms with Crippen molar-refractivity contribution < 1.29 is 13.2 Å². The van der Waals surface area contributed by atoms with Crippen molar-refractivity contribution in [3.8, 4) is 0 Å². The molecule has 4 rings (SSSR count). The van der Waals surface area contributed by atoms with E-state index in [1.54, 1.807) is 7.05 Å². The molecule has 3 aromatic carbocycles. The highest BCUT2D eigenvalue weighted by Crippen LogP contribution is 2.19. The summed E-state index contributed by atoms with van der Waals surface area (Å²) in [6, 6.07) is 23.4. The van der Waals surface area contributed by atoms with E-state index in [1.165, 1.54) is 39.9 Å². The summed E-state index contributed by atoms with van der Waals surface area (Å²) >= 11 is 1.47. The molecule has 0 aliphatic heterocycles. The van der Waals surface area contributed by atoms with Gasteiger partial charge < -0.3 is 4.57 Å². The van der Waals surface area contributed by atoms with Crippen LogP contribution in [0.5, 0.6) is 0 Å². The molecule has 0 saturated carbocycles. The van der Waals surface area contributed by atoms with Gasteiger partial charge in [-0.25, -0.2) is 8.42 Å². The fourth-order valence-corrected chi connectivity index (χ4v) is 5.79. The van der Waals surface area contributed by atoms with Crippen LogP contribution in [-0.4, -0.2) is 30.2 Å². The van der Waals surface area contributed by atoms with Crippen molar-refractivity contribution in [3.05, 3.63) is 94.8 Å². The van der Waals surface area contributed by atoms with E-state index in [4.69, 9.17) is 0 Å². The molecule has 0 unspecified atom stereocenters. The van der Waals surface area contributed by atoms with Crippen LogP contribution in [0.25, 0.3) is 10.2 Å². The van der Waals surface area contributed by atoms with Crippen LogP contribution in [0, 0.1) is 0 Å². The number of para-hydroxylation sites is 1. The Morgan fingerprint density at radius 2 is 1.64 bits per heavy atom. The molecule has 1 aromatic heterocycles. The van der Waals surface area contributed by atoms with Gasteiger partial charge in [-0.3, -0.25) is 4.79 Å². The molecule has 33 heavy (non-hydrogen) atoms. The van der Waals surface area contributed by atoms with Crippen LogP contribution in [0.2, 0.25) is 0 Å². The predicted molar refractivity (Wildman–Crippen MR) is 132 cm³/mol. The molecule has 0 N–H and O–H groups in total. The fourth-order valence-electron chi connectivity index (χ4n) is 3.57. The first-order valence-electron chi connectivity index (χ1n) is 10.7. The summed E-state index contributed by atoms with van der Waals surface area (Å²) < 4.78 is 30.3. The summed E-state index contributed by atoms with van der Waals surface area (Å²) in [7, 11) is -2.13. The minimum atomic E-state index is -3.68. The summed E-state index contributed by atoms with van der Waals surface area (Å²) in [6.45, 7) is 3.11. The SMILES string of the molecule is CCCn1c(=NC(=O)c2ccc(S(=O)(=O)N(C)Cc3ccccc3)cc2)sc2ccccc21. The summed E-state index contributed by atoms with van der Waals surface area (Å²) in [5.74, 6) is -0.395. The molecule has 1 amide bonds. The lowest BCUT2D eigenvalue weighted by atomic mass is 10.2. The molecule has 0 aliphatic rings. The Morgan fingerprint density at radius 1 is 0.970 bits per heavy atom. The van der Waals surface area contributed by atoms with Crippen molar-refractivity contribution in [1.29, 1.82) is 0 Å². The highest BCUT2D eigenvalue weighted by Gasteiger charge is 2.21. The third-order valence-electron chi connectivity index (χ3n) is 5.29. The first kappa shape index (κ1) is 23.1. The van der Waals surface area contributed by atoms with Crippen LogP contribution in [0.1, 0.15) is 29.3 Å². The van der Waals surface area contributed by atoms with E-state index in [0.29, 0.717) is 10.4 Å². The number of aromatic nitrogens is 1. The molecular formula is C25H25N3O3S2. The maximum atomic E-state index is 12.9. The topological polar surface area (TPSA) is 71.7 Å². The van der Waals surface area contributed by atoms with Gasteiger partial charge in [-0.2, -0.15) is 9.30 Å². The van der Waals surface area contributed by atoms with Gasteiger partial charge in [-0.1, -0.05) is 60.7 Å². The van der Waals surface area contributed by atoms with Crippen LogP contribution in [0.4, 0.5) is 0 Å². The van der Waals surface area contributed by atoms with Crippen LogP contribution in [0.3, 0.4) is 0 Å². The van der Waals surface area contributed by atoms with Gasteiger partial charge in [0.05, 0.1) is 15.1 Å². The Kier molecular flexibility index (Phi) is 6.88. The van der Waals surface area contributed by atoms with Crippen LogP contribution < -0.4 is 4.80 Å². The number of thiazole rings is 1. The van der Waals surface area contributed by atoms with E-state index in [0.717, 1.165) is 28.7 Å². The standard InChI is InChI=1S/C25H25N3O3S2/c1-3-17-28-22-11-7-8-12-23(22)32-25(28)26-24(29)20-13-15-21(16-14-20)33(30,31)27(2)18-19-9-5-4-6-10-19/h4-16H,3,17-18H2,1-2H3. The molecule has 1 heterocycles. The zero-order valence-electron chi connectivity index (χ0n) is 18.5. The van der Waals surface area contributed by atoms with E-state index >= 15 is 0 Å². The van der Waals surface area contributed by atoms with E-state index < -0.39 is 15.9 Å². The van der Waals surface area contributed by atoms with Crippen LogP contribution in [0.15, 0.2) is 88.8 Å². The van der Waals surface area contributed by atoms with E-state index in [-0.39, 0.29) is 11.4 Å². The average molecular weight is 480 g/mol. The second-order valence-corrected chi connectivity index (χ2v) is 10.7. The molecule has 0 bridgehead atoms. The number of fused-ring (bicyclic) bond motifs is 1. The number of hydrogen-bond acceptors (Lipinski definition) is 4. The molecule has 0 fully saturated rings. The molecule has 0 spiro atoms. The molecule has 0 atom stereocenters. The summed E-state index contributed by atoms with van der Waals surface area (Å²) in [4.78, 5) is 18.0. The molecule has 0 radical (unpaired) electrons. The number of rotatable bonds is 7. The Hall–Kier alpha value is -3.07. The van der Waals surface area contributed by atoms with Crippen LogP contribution >= 0.6 is 11.3 Å². The van der Waals surface area contributed by atoms with Gasteiger partial charge in [0.25, 0.3) is 5.91 Å². The predicted octanol–water partition coefficient (Wildman–Crippen LogP) is 4.67. The van der Waals surface area contributed by atoms with Gasteiger partial charge in [0, 0.05) is 25.7 Å². The van der Waals surface area contributed by atoms with Crippen LogP contribution in [-0.2, 0) is 23.1 Å². The number of benzene rings is 3. The lowest BCUT2D eigenvalue weighted by Crippen LogP contribution is -2.26. The Morgan fingerprint density at radius 3 is 2.33 bits per heavy atom. The minimum Gasteiger partial charge on any atom is -0.316 e. The molecule has 4 aromatic rings. The van der Waals surface area contributed by atoms with Crippen molar-refractivity contribution in [1.82, 2.24) is 8.87 Å². The molecule has 6 nitrogen and oxygen atoms in total. The Balaban J connectivity index is 1.59. The number of aryl methyl sites for hydroxylation is 1. The van der Waals surface area contributed by atoms with Crippen molar-refractivity contribution in [3.63, 3.8) is 0 Å². The second kappa shape index (κ2) is 9.82. The van der Waals surface area contributed by atoms with Crippen molar-refractivity contribution >= 4 is 37.5 Å². The molecular weight excluding hydrogens is 454 g/mol. The molecule has 0 saturated heterocycles. The van der Waals surface area contributed by atoms with Gasteiger partial charge in [-0.15, -0.1) is 0 Å². The molecule has 8 heteroatoms. The number of hydrogen-bond donors (Lipinski definition) is 0. The first-order valence-corrected chi connectivity index (χ1v) is 12.9. The number of nitrogens with zero attached hydrogens (tertiary/aromatic N) is 3. The number of sulfonamides is 1. The quantitative estimate of drug-likeness (QED) is 0.387. The lowest BCUT2D eigenvalue weighted by Gasteiger charge is -2.17. The first-order chi connectivity index (χ1) is 15.9. The highest BCUT2D eigenvalue weighted by atomic mass is 32.2. The number of carbonyl (C=O) groups excluding carboxylic acids is 1. The van der Waals surface area contributed by atoms with E-state index in [1.807, 2.05) is 54.6 Å². The maximum absolute atomic E-state index is 12.9. The third-order valence-corrected chi connectivity index (χ3v) is 8.17. The highest BCUT2D eigenvalue weighted by molar-refractivity contribution is 7.89. The van der Waals surface area contributed by atoms with Gasteiger partial charge in [0.1, 0.15) is 0 Å². The van der Waals surface area contributed by atoms with Crippen molar-refractivity contribution in [2.45, 2.75) is 31.3 Å². The van der Waals surface area contributed by atoms with Crippen molar-refractivity contribution in [2.24, 2.45) is 4.99 Å². The smallest absolute Gasteiger partial charge is 0.279 e. The monoisotopic (exact) mass is 479 g/mol. The van der Waals surface area contributed by atoms with Gasteiger partial charge in [0.2, 0.25) is 10.0 Å². The fraction of sp³-hybridized carbons (Fsp3) is 0.200. The zero-order chi connectivity index (χ0) is 23.4.